The second-order valence-corrected chi connectivity index (χ2v) is 17.3. The van der Waals surface area contributed by atoms with Crippen molar-refractivity contribution in [1.29, 1.82) is 0 Å². The van der Waals surface area contributed by atoms with Crippen molar-refractivity contribution in [3.8, 4) is 0 Å². The van der Waals surface area contributed by atoms with Crippen LogP contribution in [0.5, 0.6) is 0 Å². The predicted molar refractivity (Wildman–Crippen MR) is 231 cm³/mol. The van der Waals surface area contributed by atoms with Crippen LogP contribution in [0.4, 0.5) is 9.59 Å². The van der Waals surface area contributed by atoms with E-state index in [0.29, 0.717) is 6.29 Å². The van der Waals surface area contributed by atoms with Gasteiger partial charge in [0.25, 0.3) is 0 Å². The van der Waals surface area contributed by atoms with Gasteiger partial charge in [0.2, 0.25) is 0 Å². The molecule has 344 valence electrons. The van der Waals surface area contributed by atoms with Crippen LogP contribution in [0.3, 0.4) is 0 Å². The molecule has 0 spiro atoms. The normalized spacial score (nSPS) is 12.5. The molecule has 0 heterocycles. The van der Waals surface area contributed by atoms with E-state index in [1.165, 1.54) is 16.3 Å². The summed E-state index contributed by atoms with van der Waals surface area (Å²) in [7, 11) is 0. The number of aliphatic hydroxyl groups is 1. The quantitative estimate of drug-likeness (QED) is 0.0556. The van der Waals surface area contributed by atoms with Crippen molar-refractivity contribution in [3.05, 3.63) is 78.7 Å². The molecule has 3 atom stereocenters. The Kier molecular flexibility index (Phi) is 28.5. The molecule has 0 aliphatic heterocycles. The van der Waals surface area contributed by atoms with E-state index in [4.69, 9.17) is 23.7 Å². The maximum absolute atomic E-state index is 12.3. The number of esters is 4. The number of hydrogen-bond donors (Lipinski definition) is 3. The summed E-state index contributed by atoms with van der Waals surface area (Å²) in [5, 5.41) is 15.3. The summed E-state index contributed by atoms with van der Waals surface area (Å²) in [4.78, 5) is 80.7. The van der Waals surface area contributed by atoms with Gasteiger partial charge < -0.3 is 49.0 Å². The van der Waals surface area contributed by atoms with Gasteiger partial charge in [-0.3, -0.25) is 26.1 Å². The summed E-state index contributed by atoms with van der Waals surface area (Å²) in [6.07, 6.45) is -3.42. The van der Waals surface area contributed by atoms with Crippen LogP contribution in [0, 0.1) is 6.92 Å². The summed E-state index contributed by atoms with van der Waals surface area (Å²) >= 11 is 4.25. The van der Waals surface area contributed by atoms with E-state index in [2.05, 4.69) is 35.9 Å². The number of aliphatic hydroxyl groups excluding tert-OH is 1. The van der Waals surface area contributed by atoms with Crippen molar-refractivity contribution in [2.24, 2.45) is 0 Å². The summed E-state index contributed by atoms with van der Waals surface area (Å²) < 4.78 is 30.4. The molecule has 2 amide bonds. The van der Waals surface area contributed by atoms with Gasteiger partial charge in [0.1, 0.15) is 41.9 Å². The molecule has 3 unspecified atom stereocenters. The van der Waals surface area contributed by atoms with Crippen LogP contribution < -0.4 is 10.6 Å². The Labute approximate surface area is 383 Å². The van der Waals surface area contributed by atoms with E-state index < -0.39 is 83.1 Å². The average molecular weight is 991 g/mol. The Hall–Kier alpha value is -4.54. The molecule has 62 heavy (non-hydrogen) atoms. The van der Waals surface area contributed by atoms with Crippen LogP contribution in [-0.4, -0.2) is 88.0 Å². The zero-order chi connectivity index (χ0) is 48.3. The van der Waals surface area contributed by atoms with Gasteiger partial charge in [-0.15, -0.1) is 0 Å². The molecule has 0 aliphatic rings. The molecular formula is C44H65BrN2O14Zn. The van der Waals surface area contributed by atoms with E-state index in [-0.39, 0.29) is 26.1 Å². The Bertz CT molecular complexity index is 1650. The van der Waals surface area contributed by atoms with Crippen molar-refractivity contribution >= 4 is 56.0 Å². The summed E-state index contributed by atoms with van der Waals surface area (Å²) in [6.45, 7) is 23.9. The standard InChI is InChI=1S/C22H33NO7.C16H21NO5.C6H11O2.BrH.Zn/c1-21(2,3)29-19(26)13-17(24)16(23-20(27)30-22(4,5)6)12-18(25)28-14-15-10-8-7-9-11-15;1-16(2,3)22-15(20)17-13(10-18)9-14(19)21-11-12-7-5-4-6-8-12;1-5(7)8-6(2,3)4;;/h7-11,16-17,24H,12-14H2,1-6H3,(H,23,27);4-8,10,13H,9,11H2,1-3H3,(H,17,20);1H2,2-4H3;1H;/q;;-1;;+2/p-1. The van der Waals surface area contributed by atoms with Gasteiger partial charge in [-0.2, -0.15) is 0 Å². The third-order valence-electron chi connectivity index (χ3n) is 6.51. The molecule has 2 aromatic carbocycles. The van der Waals surface area contributed by atoms with Crippen LogP contribution in [0.25, 0.3) is 0 Å². The van der Waals surface area contributed by atoms with E-state index >= 15 is 0 Å². The Morgan fingerprint density at radius 1 is 0.597 bits per heavy atom. The summed E-state index contributed by atoms with van der Waals surface area (Å²) in [5.41, 5.74) is -0.905. The first kappa shape index (κ1) is 59.6. The minimum atomic E-state index is -1.36. The van der Waals surface area contributed by atoms with Gasteiger partial charge in [-0.05, 0) is 94.2 Å². The van der Waals surface area contributed by atoms with Gasteiger partial charge in [0.15, 0.2) is 5.97 Å². The number of rotatable bonds is 14. The monoisotopic (exact) mass is 988 g/mol. The van der Waals surface area contributed by atoms with E-state index in [9.17, 15) is 38.7 Å². The fourth-order valence-electron chi connectivity index (χ4n) is 4.33. The Morgan fingerprint density at radius 2 is 0.968 bits per heavy atom. The number of ether oxygens (including phenoxy) is 6. The first-order valence-electron chi connectivity index (χ1n) is 19.5. The Balaban J connectivity index is 0. The van der Waals surface area contributed by atoms with Gasteiger partial charge in [0.05, 0.1) is 37.5 Å². The van der Waals surface area contributed by atoms with Crippen molar-refractivity contribution < 1.29 is 83.4 Å². The molecule has 3 N–H and O–H groups in total. The molecule has 0 aliphatic carbocycles. The van der Waals surface area contributed by atoms with Crippen molar-refractivity contribution in [1.82, 2.24) is 10.6 Å². The predicted octanol–water partition coefficient (Wildman–Crippen LogP) is 7.32. The average Bonchev–Trinajstić information content (AvgIpc) is 3.11. The second-order valence-electron chi connectivity index (χ2n) is 17.3. The van der Waals surface area contributed by atoms with E-state index in [0.717, 1.165) is 11.1 Å². The number of carbonyl (C=O) groups excluding carboxylic acids is 7. The molecule has 0 saturated heterocycles. The molecular weight excluding hydrogens is 926 g/mol. The zero-order valence-corrected chi connectivity index (χ0v) is 42.7. The third-order valence-corrected chi connectivity index (χ3v) is 6.51. The first-order valence-corrected chi connectivity index (χ1v) is 26.5. The molecule has 16 nitrogen and oxygen atoms in total. The molecule has 0 bridgehead atoms. The number of alkyl carbamates (subject to hydrolysis) is 2. The minimum absolute atomic E-state index is 0.0565. The third kappa shape index (κ3) is 36.1. The molecule has 2 rings (SSSR count). The van der Waals surface area contributed by atoms with Crippen molar-refractivity contribution in [2.45, 2.75) is 156 Å². The fraction of sp³-hybridized carbons (Fsp3) is 0.545. The van der Waals surface area contributed by atoms with Gasteiger partial charge in [-0.25, -0.2) is 9.59 Å². The SMILES string of the molecule is CC(C)(C)OC(=O)CC(O)C(CC(=O)OCc1ccccc1)NC(=O)OC(C)(C)C.CC(C)(C)OC(=O)NC(C=O)CC(=O)OCc1ccccc1.[CH2-]C(=O)OC(C)(C)C.[Zn+][Br]. The second kappa shape index (κ2) is 29.7. The molecule has 0 radical (unpaired) electrons. The Morgan fingerprint density at radius 3 is 1.31 bits per heavy atom. The van der Waals surface area contributed by atoms with Crippen molar-refractivity contribution in [3.63, 3.8) is 0 Å². The maximum atomic E-state index is 12.3. The van der Waals surface area contributed by atoms with Gasteiger partial charge in [-0.1, -0.05) is 60.7 Å². The van der Waals surface area contributed by atoms with E-state index in [1.54, 1.807) is 95.2 Å². The summed E-state index contributed by atoms with van der Waals surface area (Å²) in [5.74, 6) is -2.33. The first-order chi connectivity index (χ1) is 28.5. The number of amides is 2. The van der Waals surface area contributed by atoms with Crippen LogP contribution in [-0.2, 0) is 82.0 Å². The topological polar surface area (TPSA) is 219 Å². The van der Waals surface area contributed by atoms with Crippen LogP contribution in [0.2, 0.25) is 0 Å². The molecule has 18 heteroatoms. The molecule has 0 aromatic heterocycles. The van der Waals surface area contributed by atoms with E-state index in [1.807, 2.05) is 48.5 Å². The van der Waals surface area contributed by atoms with Gasteiger partial charge >= 0.3 is 60.1 Å². The number of carbonyl (C=O) groups is 7. The summed E-state index contributed by atoms with van der Waals surface area (Å²) in [6, 6.07) is 16.2. The molecule has 2 aromatic rings. The zero-order valence-electron chi connectivity index (χ0n) is 38.2. The number of benzene rings is 2. The number of aldehydes is 1. The van der Waals surface area contributed by atoms with Crippen molar-refractivity contribution in [2.75, 3.05) is 0 Å². The van der Waals surface area contributed by atoms with Gasteiger partial charge in [0, 0.05) is 0 Å². The number of hydrogen-bond acceptors (Lipinski definition) is 14. The van der Waals surface area contributed by atoms with Crippen LogP contribution >= 0.6 is 13.6 Å². The number of nitrogens with one attached hydrogen (secondary N) is 2. The fourth-order valence-corrected chi connectivity index (χ4v) is 4.33. The molecule has 0 fully saturated rings. The van der Waals surface area contributed by atoms with Crippen LogP contribution in [0.15, 0.2) is 60.7 Å². The number of halogens is 1. The molecule has 0 saturated carbocycles. The van der Waals surface area contributed by atoms with Crippen LogP contribution in [0.1, 0.15) is 113 Å².